The molecule has 0 N–H and O–H groups in total. The maximum atomic E-state index is 5.24. The van der Waals surface area contributed by atoms with E-state index >= 15 is 0 Å². The monoisotopic (exact) mass is 371 g/mol. The van der Waals surface area contributed by atoms with Crippen molar-refractivity contribution in [1.82, 2.24) is 19.6 Å². The minimum absolute atomic E-state index is 0.625. The van der Waals surface area contributed by atoms with Crippen LogP contribution in [0.5, 0.6) is 5.75 Å². The topological polar surface area (TPSA) is 55.6 Å². The van der Waals surface area contributed by atoms with Crippen molar-refractivity contribution in [1.29, 1.82) is 0 Å². The van der Waals surface area contributed by atoms with Crippen LogP contribution in [0.4, 0.5) is 5.82 Å². The average molecular weight is 371 g/mol. The number of ether oxygens (including phenoxy) is 1. The number of aryl methyl sites for hydroxylation is 1. The summed E-state index contributed by atoms with van der Waals surface area (Å²) in [6.07, 6.45) is 1.03. The van der Waals surface area contributed by atoms with Crippen molar-refractivity contribution in [3.63, 3.8) is 0 Å². The summed E-state index contributed by atoms with van der Waals surface area (Å²) < 4.78 is 7.10. The molecule has 0 atom stereocenters. The Kier molecular flexibility index (Phi) is 3.97. The zero-order valence-electron chi connectivity index (χ0n) is 16.0. The molecule has 3 heterocycles. The maximum absolute atomic E-state index is 5.24. The predicted molar refractivity (Wildman–Crippen MR) is 109 cm³/mol. The van der Waals surface area contributed by atoms with Crippen LogP contribution >= 0.6 is 0 Å². The van der Waals surface area contributed by atoms with E-state index in [1.807, 2.05) is 35.7 Å². The lowest BCUT2D eigenvalue weighted by Crippen LogP contribution is -2.32. The molecule has 6 heteroatoms. The van der Waals surface area contributed by atoms with Crippen LogP contribution in [0.2, 0.25) is 0 Å². The minimum atomic E-state index is 0.625. The number of methoxy groups -OCH3 is 1. The Morgan fingerprint density at radius 1 is 0.964 bits per heavy atom. The molecular weight excluding hydrogens is 350 g/mol. The predicted octanol–water partition coefficient (Wildman–Crippen LogP) is 3.67. The molecule has 0 bridgehead atoms. The van der Waals surface area contributed by atoms with E-state index in [2.05, 4.69) is 45.2 Å². The number of fused-ring (bicyclic) bond motifs is 2. The zero-order chi connectivity index (χ0) is 19.1. The molecule has 0 radical (unpaired) electrons. The van der Waals surface area contributed by atoms with E-state index in [9.17, 15) is 0 Å². The van der Waals surface area contributed by atoms with Crippen molar-refractivity contribution in [2.24, 2.45) is 0 Å². The lowest BCUT2D eigenvalue weighted by Gasteiger charge is -2.30. The molecule has 0 unspecified atom stereocenters. The van der Waals surface area contributed by atoms with Crippen molar-refractivity contribution in [2.45, 2.75) is 19.9 Å². The van der Waals surface area contributed by atoms with Crippen molar-refractivity contribution < 1.29 is 4.74 Å². The molecule has 28 heavy (non-hydrogen) atoms. The molecule has 6 nitrogen and oxygen atoms in total. The molecule has 0 spiro atoms. The molecule has 5 rings (SSSR count). The molecule has 0 fully saturated rings. The van der Waals surface area contributed by atoms with E-state index in [4.69, 9.17) is 9.84 Å². The van der Waals surface area contributed by atoms with E-state index in [-0.39, 0.29) is 0 Å². The Morgan fingerprint density at radius 2 is 1.75 bits per heavy atom. The van der Waals surface area contributed by atoms with Crippen LogP contribution in [0, 0.1) is 6.92 Å². The fourth-order valence-corrected chi connectivity index (χ4v) is 3.75. The van der Waals surface area contributed by atoms with Gasteiger partial charge in [0.25, 0.3) is 5.78 Å². The van der Waals surface area contributed by atoms with Gasteiger partial charge in [-0.25, -0.2) is 4.98 Å². The van der Waals surface area contributed by atoms with Crippen LogP contribution in [0.15, 0.2) is 54.6 Å². The summed E-state index contributed by atoms with van der Waals surface area (Å²) in [6, 6.07) is 18.5. The standard InChI is InChI=1S/C22H21N5O/c1-15-13-20(26-12-11-16-5-3-4-6-18(16)14-26)27-22(23-15)24-21(25-27)17-7-9-19(28-2)10-8-17/h3-10,13H,11-12,14H2,1-2H3. The summed E-state index contributed by atoms with van der Waals surface area (Å²) in [5.74, 6) is 3.14. The van der Waals surface area contributed by atoms with Crippen LogP contribution in [0.1, 0.15) is 16.8 Å². The van der Waals surface area contributed by atoms with E-state index in [0.717, 1.165) is 42.3 Å². The molecule has 0 saturated heterocycles. The number of hydrogen-bond donors (Lipinski definition) is 0. The van der Waals surface area contributed by atoms with Crippen LogP contribution in [0.25, 0.3) is 17.2 Å². The van der Waals surface area contributed by atoms with Crippen molar-refractivity contribution >= 4 is 11.6 Å². The van der Waals surface area contributed by atoms with Gasteiger partial charge in [-0.15, -0.1) is 5.10 Å². The smallest absolute Gasteiger partial charge is 0.254 e. The molecule has 0 amide bonds. The van der Waals surface area contributed by atoms with Crippen LogP contribution in [-0.2, 0) is 13.0 Å². The molecular formula is C22H21N5O. The van der Waals surface area contributed by atoms with Gasteiger partial charge < -0.3 is 9.64 Å². The summed E-state index contributed by atoms with van der Waals surface area (Å²) in [5, 5.41) is 4.77. The van der Waals surface area contributed by atoms with Crippen molar-refractivity contribution in [2.75, 3.05) is 18.6 Å². The molecule has 140 valence electrons. The Labute approximate surface area is 163 Å². The third-order valence-electron chi connectivity index (χ3n) is 5.22. The number of benzene rings is 2. The minimum Gasteiger partial charge on any atom is -0.497 e. The molecule has 0 saturated carbocycles. The Morgan fingerprint density at radius 3 is 2.54 bits per heavy atom. The van der Waals surface area contributed by atoms with E-state index in [1.165, 1.54) is 11.1 Å². The van der Waals surface area contributed by atoms with Gasteiger partial charge in [0.1, 0.15) is 11.6 Å². The highest BCUT2D eigenvalue weighted by atomic mass is 16.5. The third-order valence-corrected chi connectivity index (χ3v) is 5.22. The van der Waals surface area contributed by atoms with Crippen LogP contribution in [-0.4, -0.2) is 33.2 Å². The molecule has 1 aliphatic heterocycles. The summed E-state index contributed by atoms with van der Waals surface area (Å²) >= 11 is 0. The quantitative estimate of drug-likeness (QED) is 0.550. The largest absolute Gasteiger partial charge is 0.497 e. The van der Waals surface area contributed by atoms with E-state index < -0.39 is 0 Å². The van der Waals surface area contributed by atoms with Crippen LogP contribution in [0.3, 0.4) is 0 Å². The average Bonchev–Trinajstić information content (AvgIpc) is 3.16. The third kappa shape index (κ3) is 2.87. The van der Waals surface area contributed by atoms with E-state index in [1.54, 1.807) is 7.11 Å². The molecule has 0 aliphatic carbocycles. The summed E-state index contributed by atoms with van der Waals surface area (Å²) in [4.78, 5) is 11.6. The second-order valence-electron chi connectivity index (χ2n) is 7.07. The highest BCUT2D eigenvalue weighted by Crippen LogP contribution is 2.27. The zero-order valence-corrected chi connectivity index (χ0v) is 16.0. The number of rotatable bonds is 3. The number of nitrogens with zero attached hydrogens (tertiary/aromatic N) is 5. The van der Waals surface area contributed by atoms with Gasteiger partial charge in [0, 0.05) is 30.4 Å². The fourth-order valence-electron chi connectivity index (χ4n) is 3.75. The Bertz CT molecular complexity index is 1150. The molecule has 1 aliphatic rings. The van der Waals surface area contributed by atoms with Crippen molar-refractivity contribution in [3.05, 3.63) is 71.4 Å². The highest BCUT2D eigenvalue weighted by molar-refractivity contribution is 5.60. The lowest BCUT2D eigenvalue weighted by atomic mass is 10.00. The van der Waals surface area contributed by atoms with Gasteiger partial charge in [0.05, 0.1) is 7.11 Å². The molecule has 2 aromatic heterocycles. The first-order valence-corrected chi connectivity index (χ1v) is 9.42. The number of anilines is 1. The maximum Gasteiger partial charge on any atom is 0.254 e. The first-order chi connectivity index (χ1) is 13.7. The molecule has 4 aromatic rings. The van der Waals surface area contributed by atoms with Gasteiger partial charge in [-0.1, -0.05) is 24.3 Å². The highest BCUT2D eigenvalue weighted by Gasteiger charge is 2.20. The van der Waals surface area contributed by atoms with Gasteiger partial charge in [0.15, 0.2) is 5.82 Å². The summed E-state index contributed by atoms with van der Waals surface area (Å²) in [5.41, 5.74) is 4.68. The van der Waals surface area contributed by atoms with E-state index in [0.29, 0.717) is 11.6 Å². The second-order valence-corrected chi connectivity index (χ2v) is 7.07. The Hall–Kier alpha value is -3.41. The van der Waals surface area contributed by atoms with Crippen LogP contribution < -0.4 is 9.64 Å². The van der Waals surface area contributed by atoms with Gasteiger partial charge in [-0.2, -0.15) is 9.50 Å². The van der Waals surface area contributed by atoms with Crippen molar-refractivity contribution in [3.8, 4) is 17.1 Å². The van der Waals surface area contributed by atoms with Gasteiger partial charge >= 0.3 is 0 Å². The SMILES string of the molecule is COc1ccc(-c2nc3nc(C)cc(N4CCc5ccccc5C4)n3n2)cc1. The lowest BCUT2D eigenvalue weighted by molar-refractivity contribution is 0.415. The van der Waals surface area contributed by atoms with Gasteiger partial charge in [-0.05, 0) is 48.7 Å². The molecule has 2 aromatic carbocycles. The normalized spacial score (nSPS) is 13.6. The second kappa shape index (κ2) is 6.64. The summed E-state index contributed by atoms with van der Waals surface area (Å²) in [6.45, 7) is 3.82. The number of hydrogen-bond acceptors (Lipinski definition) is 5. The first-order valence-electron chi connectivity index (χ1n) is 9.42. The summed E-state index contributed by atoms with van der Waals surface area (Å²) in [7, 11) is 1.66. The van der Waals surface area contributed by atoms with Gasteiger partial charge in [0.2, 0.25) is 0 Å². The number of aromatic nitrogens is 4. The Balaban J connectivity index is 1.57. The fraction of sp³-hybridized carbons (Fsp3) is 0.227. The first kappa shape index (κ1) is 16.7. The van der Waals surface area contributed by atoms with Gasteiger partial charge in [-0.3, -0.25) is 0 Å².